The average Bonchev–Trinajstić information content (AvgIpc) is 3.59. The Kier molecular flexibility index (Phi) is 14.1. The van der Waals surface area contributed by atoms with E-state index in [4.69, 9.17) is 10.5 Å². The molecule has 4 rings (SSSR count). The standard InChI is InChI=1S/C43H57N5O7/c1-25(2)31-17-12-14-26(3)33(31)24-35(39(51)45-34(38(44)50)22-29-15-10-9-11-16-29)46-40(52)37-18-13-19-48(37)41(53)36(47-42(54)55-43(6,7)8)23-32-27(4)20-30(49)21-28(32)5/h9-12,14-17,20-21,25,34-37,49H,13,18-19,22-24H2,1-8H3,(H2,44,50)(H,45,51)(H,46,52)(H,47,54)/t34-,35-,36-,37-/m0/s1. The van der Waals surface area contributed by atoms with Crippen LogP contribution in [-0.4, -0.2) is 76.0 Å². The summed E-state index contributed by atoms with van der Waals surface area (Å²) < 4.78 is 5.51. The zero-order valence-electron chi connectivity index (χ0n) is 33.3. The number of amides is 5. The Hall–Kier alpha value is -5.39. The minimum absolute atomic E-state index is 0.0880. The number of benzene rings is 3. The van der Waals surface area contributed by atoms with Crippen LogP contribution in [0.2, 0.25) is 0 Å². The van der Waals surface area contributed by atoms with Crippen LogP contribution in [0.3, 0.4) is 0 Å². The number of likely N-dealkylation sites (tertiary alicyclic amines) is 1. The molecule has 12 heteroatoms. The maximum Gasteiger partial charge on any atom is 0.408 e. The molecule has 296 valence electrons. The van der Waals surface area contributed by atoms with Gasteiger partial charge in [-0.1, -0.05) is 62.4 Å². The van der Waals surface area contributed by atoms with Crippen molar-refractivity contribution in [1.29, 1.82) is 0 Å². The molecule has 0 radical (unpaired) electrons. The molecule has 1 aliphatic heterocycles. The van der Waals surface area contributed by atoms with Gasteiger partial charge in [0.15, 0.2) is 0 Å². The van der Waals surface area contributed by atoms with Crippen LogP contribution in [0.25, 0.3) is 0 Å². The number of aryl methyl sites for hydroxylation is 3. The largest absolute Gasteiger partial charge is 0.508 e. The first kappa shape index (κ1) is 42.4. The smallest absolute Gasteiger partial charge is 0.408 e. The molecule has 55 heavy (non-hydrogen) atoms. The lowest BCUT2D eigenvalue weighted by Gasteiger charge is -2.31. The number of hydrogen-bond acceptors (Lipinski definition) is 7. The minimum Gasteiger partial charge on any atom is -0.508 e. The summed E-state index contributed by atoms with van der Waals surface area (Å²) >= 11 is 0. The Bertz CT molecular complexity index is 1850. The van der Waals surface area contributed by atoms with Crippen molar-refractivity contribution < 1.29 is 33.8 Å². The van der Waals surface area contributed by atoms with Crippen LogP contribution >= 0.6 is 0 Å². The summed E-state index contributed by atoms with van der Waals surface area (Å²) in [6, 6.07) is 14.1. The lowest BCUT2D eigenvalue weighted by Crippen LogP contribution is -2.58. The van der Waals surface area contributed by atoms with Gasteiger partial charge in [-0.05, 0) is 111 Å². The molecular weight excluding hydrogens is 699 g/mol. The molecule has 1 saturated heterocycles. The van der Waals surface area contributed by atoms with Gasteiger partial charge in [0.25, 0.3) is 0 Å². The van der Waals surface area contributed by atoms with Crippen molar-refractivity contribution in [3.63, 3.8) is 0 Å². The fourth-order valence-corrected chi connectivity index (χ4v) is 7.22. The first-order valence-electron chi connectivity index (χ1n) is 19.0. The lowest BCUT2D eigenvalue weighted by molar-refractivity contribution is -0.141. The fraction of sp³-hybridized carbons (Fsp3) is 0.465. The molecule has 12 nitrogen and oxygen atoms in total. The predicted octanol–water partition coefficient (Wildman–Crippen LogP) is 4.81. The molecule has 0 aromatic heterocycles. The number of primary amides is 1. The summed E-state index contributed by atoms with van der Waals surface area (Å²) in [5.74, 6) is -2.08. The van der Waals surface area contributed by atoms with Crippen LogP contribution in [0.5, 0.6) is 5.75 Å². The number of hydrogen-bond donors (Lipinski definition) is 5. The zero-order chi connectivity index (χ0) is 40.6. The third-order valence-electron chi connectivity index (χ3n) is 9.97. The topological polar surface area (TPSA) is 180 Å². The van der Waals surface area contributed by atoms with Gasteiger partial charge in [-0.25, -0.2) is 4.79 Å². The highest BCUT2D eigenvalue weighted by molar-refractivity contribution is 5.95. The van der Waals surface area contributed by atoms with E-state index in [1.54, 1.807) is 32.9 Å². The van der Waals surface area contributed by atoms with Crippen LogP contribution in [0.1, 0.15) is 92.3 Å². The van der Waals surface area contributed by atoms with E-state index < -0.39 is 59.5 Å². The number of nitrogens with two attached hydrogens (primary N) is 1. The van der Waals surface area contributed by atoms with Gasteiger partial charge in [-0.2, -0.15) is 0 Å². The molecule has 0 aliphatic carbocycles. The van der Waals surface area contributed by atoms with Crippen LogP contribution in [0.4, 0.5) is 4.79 Å². The highest BCUT2D eigenvalue weighted by Crippen LogP contribution is 2.27. The van der Waals surface area contributed by atoms with E-state index in [1.165, 1.54) is 4.90 Å². The van der Waals surface area contributed by atoms with Gasteiger partial charge >= 0.3 is 6.09 Å². The second-order valence-corrected chi connectivity index (χ2v) is 15.9. The number of aromatic hydroxyl groups is 1. The summed E-state index contributed by atoms with van der Waals surface area (Å²) in [6.45, 7) is 15.1. The maximum atomic E-state index is 14.4. The molecule has 0 spiro atoms. The van der Waals surface area contributed by atoms with Crippen LogP contribution in [0.15, 0.2) is 60.7 Å². The zero-order valence-corrected chi connectivity index (χ0v) is 33.3. The van der Waals surface area contributed by atoms with Crippen LogP contribution in [-0.2, 0) is 43.2 Å². The molecule has 5 amide bonds. The molecule has 4 atom stereocenters. The minimum atomic E-state index is -1.11. The summed E-state index contributed by atoms with van der Waals surface area (Å²) in [5, 5.41) is 18.6. The van der Waals surface area contributed by atoms with E-state index in [1.807, 2.05) is 69.3 Å². The van der Waals surface area contributed by atoms with E-state index in [-0.39, 0.29) is 37.5 Å². The van der Waals surface area contributed by atoms with Crippen molar-refractivity contribution in [3.8, 4) is 5.75 Å². The van der Waals surface area contributed by atoms with Gasteiger partial charge in [-0.3, -0.25) is 19.2 Å². The van der Waals surface area contributed by atoms with Crippen molar-refractivity contribution in [2.75, 3.05) is 6.54 Å². The van der Waals surface area contributed by atoms with Crippen molar-refractivity contribution in [3.05, 3.63) is 99.6 Å². The first-order chi connectivity index (χ1) is 25.8. The monoisotopic (exact) mass is 755 g/mol. The van der Waals surface area contributed by atoms with Crippen molar-refractivity contribution in [2.45, 2.75) is 123 Å². The van der Waals surface area contributed by atoms with E-state index in [9.17, 15) is 29.1 Å². The molecule has 0 unspecified atom stereocenters. The third kappa shape index (κ3) is 11.6. The number of carbonyl (C=O) groups excluding carboxylic acids is 5. The van der Waals surface area contributed by atoms with Gasteiger partial charge in [0.2, 0.25) is 23.6 Å². The Labute approximate surface area is 324 Å². The molecule has 1 aliphatic rings. The van der Waals surface area contributed by atoms with Crippen molar-refractivity contribution in [2.24, 2.45) is 5.73 Å². The lowest BCUT2D eigenvalue weighted by atomic mass is 9.89. The van der Waals surface area contributed by atoms with Crippen LogP contribution in [0, 0.1) is 20.8 Å². The Balaban J connectivity index is 1.64. The summed E-state index contributed by atoms with van der Waals surface area (Å²) in [4.78, 5) is 70.0. The number of ether oxygens (including phenoxy) is 1. The Morgan fingerprint density at radius 3 is 2.05 bits per heavy atom. The number of alkyl carbamates (subject to hydrolysis) is 1. The van der Waals surface area contributed by atoms with Gasteiger partial charge < -0.3 is 36.4 Å². The Morgan fingerprint density at radius 2 is 1.45 bits per heavy atom. The second-order valence-electron chi connectivity index (χ2n) is 15.9. The van der Waals surface area contributed by atoms with Gasteiger partial charge in [0.1, 0.15) is 35.5 Å². The van der Waals surface area contributed by atoms with Gasteiger partial charge in [0, 0.05) is 25.8 Å². The van der Waals surface area contributed by atoms with E-state index in [0.29, 0.717) is 12.8 Å². The molecule has 0 saturated carbocycles. The number of phenolic OH excluding ortho intramolecular Hbond substituents is 1. The molecule has 6 N–H and O–H groups in total. The van der Waals surface area contributed by atoms with E-state index in [2.05, 4.69) is 29.8 Å². The van der Waals surface area contributed by atoms with E-state index >= 15 is 0 Å². The van der Waals surface area contributed by atoms with Crippen LogP contribution < -0.4 is 21.7 Å². The summed E-state index contributed by atoms with van der Waals surface area (Å²) in [7, 11) is 0. The normalized spacial score (nSPS) is 15.9. The second kappa shape index (κ2) is 18.3. The number of nitrogens with one attached hydrogen (secondary N) is 3. The SMILES string of the molecule is Cc1cc(O)cc(C)c1C[C@H](NC(=O)OC(C)(C)C)C(=O)N1CCC[C@H]1C(=O)N[C@@H](Cc1c(C)cccc1C(C)C)C(=O)N[C@@H](Cc1ccccc1)C(N)=O. The average molecular weight is 756 g/mol. The molecule has 3 aromatic carbocycles. The van der Waals surface area contributed by atoms with Crippen molar-refractivity contribution >= 4 is 29.7 Å². The molecule has 0 bridgehead atoms. The van der Waals surface area contributed by atoms with Gasteiger partial charge in [0.05, 0.1) is 0 Å². The first-order valence-corrected chi connectivity index (χ1v) is 19.0. The van der Waals surface area contributed by atoms with E-state index in [0.717, 1.165) is 38.9 Å². The highest BCUT2D eigenvalue weighted by atomic mass is 16.6. The quantitative estimate of drug-likeness (QED) is 0.157. The Morgan fingerprint density at radius 1 is 0.818 bits per heavy atom. The number of carbonyl (C=O) groups is 5. The fourth-order valence-electron chi connectivity index (χ4n) is 7.22. The number of phenols is 1. The molecule has 1 heterocycles. The van der Waals surface area contributed by atoms with Gasteiger partial charge in [-0.15, -0.1) is 0 Å². The highest BCUT2D eigenvalue weighted by Gasteiger charge is 2.40. The summed E-state index contributed by atoms with van der Waals surface area (Å²) in [6.07, 6.45) is 0.469. The maximum absolute atomic E-state index is 14.4. The molecule has 3 aromatic rings. The van der Waals surface area contributed by atoms with Crippen molar-refractivity contribution in [1.82, 2.24) is 20.9 Å². The predicted molar refractivity (Wildman–Crippen MR) is 211 cm³/mol. The summed E-state index contributed by atoms with van der Waals surface area (Å²) in [5.41, 5.74) is 10.9. The third-order valence-corrected chi connectivity index (χ3v) is 9.97. The molecular formula is C43H57N5O7. The molecule has 1 fully saturated rings. The number of rotatable bonds is 14. The number of nitrogens with zero attached hydrogens (tertiary/aromatic N) is 1.